The fraction of sp³-hybridized carbons (Fsp3) is 0.467. The predicted octanol–water partition coefficient (Wildman–Crippen LogP) is 2.41. The van der Waals surface area contributed by atoms with Gasteiger partial charge in [-0.3, -0.25) is 0 Å². The fourth-order valence-corrected chi connectivity index (χ4v) is 2.10. The van der Waals surface area contributed by atoms with Crippen LogP contribution in [0.25, 0.3) is 0 Å². The smallest absolute Gasteiger partial charge is 0.223 e. The summed E-state index contributed by atoms with van der Waals surface area (Å²) in [6, 6.07) is 3.92. The van der Waals surface area contributed by atoms with Crippen molar-refractivity contribution in [2.24, 2.45) is 0 Å². The van der Waals surface area contributed by atoms with Gasteiger partial charge < -0.3 is 10.6 Å². The second kappa shape index (κ2) is 6.97. The van der Waals surface area contributed by atoms with E-state index in [9.17, 15) is 0 Å². The molecule has 2 N–H and O–H groups in total. The van der Waals surface area contributed by atoms with Crippen LogP contribution in [0.5, 0.6) is 0 Å². The van der Waals surface area contributed by atoms with Crippen LogP contribution in [-0.2, 0) is 0 Å². The average Bonchev–Trinajstić information content (AvgIpc) is 2.36. The quantitative estimate of drug-likeness (QED) is 0.794. The third-order valence-corrected chi connectivity index (χ3v) is 2.88. The molecule has 0 aliphatic rings. The molecule has 6 nitrogen and oxygen atoms in total. The van der Waals surface area contributed by atoms with Gasteiger partial charge in [0.1, 0.15) is 0 Å². The van der Waals surface area contributed by atoms with Crippen LogP contribution in [0.4, 0.5) is 11.9 Å². The van der Waals surface area contributed by atoms with Crippen molar-refractivity contribution in [1.82, 2.24) is 19.9 Å². The maximum absolute atomic E-state index is 4.35. The Balaban J connectivity index is 1.74. The summed E-state index contributed by atoms with van der Waals surface area (Å²) in [5.74, 6) is 1.38. The molecule has 0 aliphatic heterocycles. The van der Waals surface area contributed by atoms with E-state index in [0.29, 0.717) is 11.9 Å². The Morgan fingerprint density at radius 2 is 1.00 bits per heavy atom. The van der Waals surface area contributed by atoms with Crippen LogP contribution in [-0.4, -0.2) is 33.0 Å². The first-order chi connectivity index (χ1) is 10.0. The molecule has 21 heavy (non-hydrogen) atoms. The predicted molar refractivity (Wildman–Crippen MR) is 84.6 cm³/mol. The molecule has 2 aromatic rings. The lowest BCUT2D eigenvalue weighted by Crippen LogP contribution is -2.13. The maximum atomic E-state index is 4.35. The SMILES string of the molecule is Cc1cc(C)nc(NCCCNc2nc(C)cc(C)n2)n1. The largest absolute Gasteiger partial charge is 0.354 e. The van der Waals surface area contributed by atoms with Crippen LogP contribution >= 0.6 is 0 Å². The minimum absolute atomic E-state index is 0.690. The summed E-state index contributed by atoms with van der Waals surface area (Å²) in [6.07, 6.45) is 0.937. The van der Waals surface area contributed by atoms with Crippen molar-refractivity contribution in [2.45, 2.75) is 34.1 Å². The first kappa shape index (κ1) is 15.2. The number of hydrogen-bond acceptors (Lipinski definition) is 6. The van der Waals surface area contributed by atoms with Crippen LogP contribution in [0.2, 0.25) is 0 Å². The van der Waals surface area contributed by atoms with Crippen molar-refractivity contribution in [1.29, 1.82) is 0 Å². The van der Waals surface area contributed by atoms with Gasteiger partial charge in [-0.2, -0.15) is 0 Å². The highest BCUT2D eigenvalue weighted by Gasteiger charge is 2.00. The number of anilines is 2. The highest BCUT2D eigenvalue weighted by molar-refractivity contribution is 5.29. The Kier molecular flexibility index (Phi) is 5.03. The summed E-state index contributed by atoms with van der Waals surface area (Å²) >= 11 is 0. The molecular weight excluding hydrogens is 264 g/mol. The lowest BCUT2D eigenvalue weighted by molar-refractivity contribution is 0.874. The molecule has 0 unspecified atom stereocenters. The Hall–Kier alpha value is -2.24. The minimum Gasteiger partial charge on any atom is -0.354 e. The van der Waals surface area contributed by atoms with Crippen molar-refractivity contribution >= 4 is 11.9 Å². The van der Waals surface area contributed by atoms with Gasteiger partial charge in [0.15, 0.2) is 0 Å². The van der Waals surface area contributed by atoms with Crippen LogP contribution in [0, 0.1) is 27.7 Å². The van der Waals surface area contributed by atoms with E-state index >= 15 is 0 Å². The number of nitrogens with one attached hydrogen (secondary N) is 2. The molecule has 2 aromatic heterocycles. The molecule has 2 rings (SSSR count). The molecule has 0 spiro atoms. The zero-order valence-corrected chi connectivity index (χ0v) is 13.1. The van der Waals surface area contributed by atoms with Gasteiger partial charge in [0.25, 0.3) is 0 Å². The topological polar surface area (TPSA) is 75.6 Å². The molecule has 6 heteroatoms. The van der Waals surface area contributed by atoms with E-state index in [-0.39, 0.29) is 0 Å². The van der Waals surface area contributed by atoms with E-state index in [2.05, 4.69) is 30.6 Å². The van der Waals surface area contributed by atoms with Crippen LogP contribution in [0.1, 0.15) is 29.2 Å². The Morgan fingerprint density at radius 1 is 0.667 bits per heavy atom. The average molecular weight is 286 g/mol. The third-order valence-electron chi connectivity index (χ3n) is 2.88. The summed E-state index contributed by atoms with van der Waals surface area (Å²) in [5.41, 5.74) is 3.91. The first-order valence-corrected chi connectivity index (χ1v) is 7.15. The van der Waals surface area contributed by atoms with E-state index in [1.165, 1.54) is 0 Å². The zero-order valence-electron chi connectivity index (χ0n) is 13.1. The molecule has 0 aliphatic carbocycles. The van der Waals surface area contributed by atoms with Gasteiger partial charge in [-0.15, -0.1) is 0 Å². The molecule has 0 amide bonds. The number of nitrogens with zero attached hydrogens (tertiary/aromatic N) is 4. The van der Waals surface area contributed by atoms with E-state index in [1.807, 2.05) is 39.8 Å². The van der Waals surface area contributed by atoms with Crippen molar-refractivity contribution < 1.29 is 0 Å². The monoisotopic (exact) mass is 286 g/mol. The number of aromatic nitrogens is 4. The Morgan fingerprint density at radius 3 is 1.33 bits per heavy atom. The molecule has 0 saturated heterocycles. The molecule has 0 radical (unpaired) electrons. The number of aryl methyl sites for hydroxylation is 4. The summed E-state index contributed by atoms with van der Waals surface area (Å²) < 4.78 is 0. The summed E-state index contributed by atoms with van der Waals surface area (Å²) in [7, 11) is 0. The normalized spacial score (nSPS) is 10.5. The highest BCUT2D eigenvalue weighted by atomic mass is 15.1. The molecule has 2 heterocycles. The Bertz CT molecular complexity index is 517. The second-order valence-electron chi connectivity index (χ2n) is 5.16. The van der Waals surface area contributed by atoms with Gasteiger partial charge in [0.05, 0.1) is 0 Å². The van der Waals surface area contributed by atoms with E-state index in [0.717, 1.165) is 42.3 Å². The van der Waals surface area contributed by atoms with E-state index in [1.54, 1.807) is 0 Å². The molecule has 0 aromatic carbocycles. The van der Waals surface area contributed by atoms with Crippen molar-refractivity contribution in [3.8, 4) is 0 Å². The van der Waals surface area contributed by atoms with Crippen LogP contribution in [0.15, 0.2) is 12.1 Å². The van der Waals surface area contributed by atoms with Gasteiger partial charge >= 0.3 is 0 Å². The summed E-state index contributed by atoms with van der Waals surface area (Å²) in [6.45, 7) is 9.50. The lowest BCUT2D eigenvalue weighted by Gasteiger charge is -2.08. The summed E-state index contributed by atoms with van der Waals surface area (Å²) in [4.78, 5) is 17.4. The molecular formula is C15H22N6. The van der Waals surface area contributed by atoms with Gasteiger partial charge in [0.2, 0.25) is 11.9 Å². The lowest BCUT2D eigenvalue weighted by atomic mass is 10.3. The number of rotatable bonds is 6. The fourth-order valence-electron chi connectivity index (χ4n) is 2.10. The number of hydrogen-bond donors (Lipinski definition) is 2. The van der Waals surface area contributed by atoms with Crippen molar-refractivity contribution in [2.75, 3.05) is 23.7 Å². The highest BCUT2D eigenvalue weighted by Crippen LogP contribution is 2.05. The Labute approximate surface area is 125 Å². The van der Waals surface area contributed by atoms with Gasteiger partial charge in [-0.1, -0.05) is 0 Å². The van der Waals surface area contributed by atoms with Gasteiger partial charge in [-0.25, -0.2) is 19.9 Å². The van der Waals surface area contributed by atoms with E-state index in [4.69, 9.17) is 0 Å². The molecule has 0 saturated carbocycles. The summed E-state index contributed by atoms with van der Waals surface area (Å²) in [5, 5.41) is 6.46. The first-order valence-electron chi connectivity index (χ1n) is 7.15. The van der Waals surface area contributed by atoms with Crippen molar-refractivity contribution in [3.05, 3.63) is 34.9 Å². The standard InChI is InChI=1S/C15H22N6/c1-10-8-11(2)19-14(18-10)16-6-5-7-17-15-20-12(3)9-13(4)21-15/h8-9H,5-7H2,1-4H3,(H,16,18,19)(H,17,20,21). The zero-order chi connectivity index (χ0) is 15.2. The minimum atomic E-state index is 0.690. The molecule has 0 fully saturated rings. The van der Waals surface area contributed by atoms with E-state index < -0.39 is 0 Å². The second-order valence-corrected chi connectivity index (χ2v) is 5.16. The van der Waals surface area contributed by atoms with Gasteiger partial charge in [0, 0.05) is 35.9 Å². The third kappa shape index (κ3) is 4.98. The molecule has 112 valence electrons. The van der Waals surface area contributed by atoms with Crippen molar-refractivity contribution in [3.63, 3.8) is 0 Å². The van der Waals surface area contributed by atoms with Crippen LogP contribution < -0.4 is 10.6 Å². The maximum Gasteiger partial charge on any atom is 0.223 e. The molecule has 0 atom stereocenters. The van der Waals surface area contributed by atoms with Crippen LogP contribution in [0.3, 0.4) is 0 Å². The van der Waals surface area contributed by atoms with Gasteiger partial charge in [-0.05, 0) is 46.2 Å². The molecule has 0 bridgehead atoms.